The molecule has 6 heteroatoms. The first kappa shape index (κ1) is 20.1. The van der Waals surface area contributed by atoms with Crippen molar-refractivity contribution in [3.05, 3.63) is 57.6 Å². The zero-order chi connectivity index (χ0) is 20.1. The van der Waals surface area contributed by atoms with Gasteiger partial charge in [0.15, 0.2) is 0 Å². The van der Waals surface area contributed by atoms with E-state index in [4.69, 9.17) is 9.15 Å². The molecule has 0 aliphatic carbocycles. The molecule has 0 saturated carbocycles. The van der Waals surface area contributed by atoms with E-state index in [1.54, 1.807) is 13.0 Å². The van der Waals surface area contributed by atoms with Crippen molar-refractivity contribution in [3.8, 4) is 0 Å². The number of benzene rings is 1. The number of hydrogen-bond acceptors (Lipinski definition) is 5. The molecule has 6 nitrogen and oxygen atoms in total. The van der Waals surface area contributed by atoms with Gasteiger partial charge in [-0.1, -0.05) is 13.8 Å². The third-order valence-electron chi connectivity index (χ3n) is 4.90. The molecule has 28 heavy (non-hydrogen) atoms. The van der Waals surface area contributed by atoms with Gasteiger partial charge in [-0.15, -0.1) is 0 Å². The molecule has 1 N–H and O–H groups in total. The van der Waals surface area contributed by atoms with E-state index < -0.39 is 11.5 Å². The number of carbonyl (C=O) groups excluding carboxylic acids is 1. The number of morpholine rings is 1. The van der Waals surface area contributed by atoms with Gasteiger partial charge in [-0.25, -0.2) is 4.79 Å². The van der Waals surface area contributed by atoms with Crippen LogP contribution < -0.4 is 15.8 Å². The van der Waals surface area contributed by atoms with Crippen molar-refractivity contribution in [1.29, 1.82) is 0 Å². The zero-order valence-corrected chi connectivity index (χ0v) is 16.8. The number of nitrogens with zero attached hydrogens (tertiary/aromatic N) is 1. The van der Waals surface area contributed by atoms with Crippen LogP contribution in [0, 0.1) is 12.8 Å². The monoisotopic (exact) mass is 384 g/mol. The summed E-state index contributed by atoms with van der Waals surface area (Å²) in [4.78, 5) is 27.2. The first-order valence-corrected chi connectivity index (χ1v) is 9.82. The van der Waals surface area contributed by atoms with Gasteiger partial charge in [0, 0.05) is 30.9 Å². The summed E-state index contributed by atoms with van der Waals surface area (Å²) in [5, 5.41) is 2.80. The van der Waals surface area contributed by atoms with Crippen molar-refractivity contribution < 1.29 is 13.9 Å². The Morgan fingerprint density at radius 3 is 2.46 bits per heavy atom. The van der Waals surface area contributed by atoms with E-state index in [0.29, 0.717) is 29.3 Å². The molecule has 1 amide bonds. The summed E-state index contributed by atoms with van der Waals surface area (Å²) >= 11 is 0. The molecule has 2 heterocycles. The number of anilines is 2. The number of hydrogen-bond donors (Lipinski definition) is 1. The highest BCUT2D eigenvalue weighted by molar-refractivity contribution is 6.04. The molecule has 1 saturated heterocycles. The van der Waals surface area contributed by atoms with Gasteiger partial charge in [0.05, 0.1) is 13.2 Å². The smallest absolute Gasteiger partial charge is 0.349 e. The second-order valence-electron chi connectivity index (χ2n) is 7.59. The highest BCUT2D eigenvalue weighted by atomic mass is 16.5. The van der Waals surface area contributed by atoms with Crippen LogP contribution in [0.15, 0.2) is 39.5 Å². The number of carbonyl (C=O) groups is 1. The largest absolute Gasteiger partial charge is 0.427 e. The SMILES string of the molecule is Cc1cc(CCC(C)C)oc(=O)c1C(=O)Nc1ccc(N2CCOCC2)cc1. The molecule has 0 radical (unpaired) electrons. The van der Waals surface area contributed by atoms with Gasteiger partial charge in [-0.2, -0.15) is 0 Å². The fourth-order valence-electron chi connectivity index (χ4n) is 3.27. The maximum absolute atomic E-state index is 12.6. The lowest BCUT2D eigenvalue weighted by Crippen LogP contribution is -2.36. The second kappa shape index (κ2) is 9.06. The molecule has 0 atom stereocenters. The molecule has 0 bridgehead atoms. The van der Waals surface area contributed by atoms with Crippen molar-refractivity contribution in [1.82, 2.24) is 0 Å². The molecule has 2 aromatic rings. The van der Waals surface area contributed by atoms with E-state index in [0.717, 1.165) is 38.4 Å². The molecule has 1 aromatic heterocycles. The van der Waals surface area contributed by atoms with E-state index in [9.17, 15) is 9.59 Å². The summed E-state index contributed by atoms with van der Waals surface area (Å²) in [7, 11) is 0. The standard InChI is InChI=1S/C22H28N2O4/c1-15(2)4-9-19-14-16(3)20(22(26)28-19)21(25)23-17-5-7-18(8-6-17)24-10-12-27-13-11-24/h5-8,14-15H,4,9-13H2,1-3H3,(H,23,25). The first-order valence-electron chi connectivity index (χ1n) is 9.82. The van der Waals surface area contributed by atoms with Crippen LogP contribution in [0.3, 0.4) is 0 Å². The fourth-order valence-corrected chi connectivity index (χ4v) is 3.27. The molecular formula is C22H28N2O4. The van der Waals surface area contributed by atoms with Gasteiger partial charge >= 0.3 is 5.63 Å². The van der Waals surface area contributed by atoms with Crippen molar-refractivity contribution in [2.24, 2.45) is 5.92 Å². The van der Waals surface area contributed by atoms with E-state index >= 15 is 0 Å². The summed E-state index contributed by atoms with van der Waals surface area (Å²) in [5.74, 6) is 0.706. The van der Waals surface area contributed by atoms with Crippen molar-refractivity contribution >= 4 is 17.3 Å². The van der Waals surface area contributed by atoms with Gasteiger partial charge in [-0.3, -0.25) is 4.79 Å². The Kier molecular flexibility index (Phi) is 6.52. The van der Waals surface area contributed by atoms with Gasteiger partial charge < -0.3 is 19.4 Å². The third-order valence-corrected chi connectivity index (χ3v) is 4.90. The maximum atomic E-state index is 12.6. The highest BCUT2D eigenvalue weighted by Crippen LogP contribution is 2.20. The minimum atomic E-state index is -0.582. The Bertz CT molecular complexity index is 865. The minimum Gasteiger partial charge on any atom is -0.427 e. The molecule has 3 rings (SSSR count). The molecular weight excluding hydrogens is 356 g/mol. The quantitative estimate of drug-likeness (QED) is 0.823. The summed E-state index contributed by atoms with van der Waals surface area (Å²) in [6.07, 6.45) is 1.63. The summed E-state index contributed by atoms with van der Waals surface area (Å²) < 4.78 is 10.7. The first-order chi connectivity index (χ1) is 13.4. The Morgan fingerprint density at radius 2 is 1.86 bits per heavy atom. The zero-order valence-electron chi connectivity index (χ0n) is 16.8. The average Bonchev–Trinajstić information content (AvgIpc) is 2.67. The van der Waals surface area contributed by atoms with Crippen LogP contribution in [-0.2, 0) is 11.2 Å². The van der Waals surface area contributed by atoms with Crippen LogP contribution in [0.4, 0.5) is 11.4 Å². The molecule has 150 valence electrons. The van der Waals surface area contributed by atoms with E-state index in [2.05, 4.69) is 24.1 Å². The van der Waals surface area contributed by atoms with Crippen LogP contribution in [-0.4, -0.2) is 32.2 Å². The number of aryl methyl sites for hydroxylation is 2. The average molecular weight is 384 g/mol. The lowest BCUT2D eigenvalue weighted by atomic mass is 10.0. The topological polar surface area (TPSA) is 71.8 Å². The molecule has 0 unspecified atom stereocenters. The molecule has 0 spiro atoms. The van der Waals surface area contributed by atoms with Crippen LogP contribution in [0.2, 0.25) is 0 Å². The van der Waals surface area contributed by atoms with Gasteiger partial charge in [-0.05, 0) is 55.2 Å². The van der Waals surface area contributed by atoms with Crippen LogP contribution in [0.25, 0.3) is 0 Å². The Hall–Kier alpha value is -2.60. The summed E-state index contributed by atoms with van der Waals surface area (Å²) in [6, 6.07) is 9.41. The Labute approximate surface area is 165 Å². The van der Waals surface area contributed by atoms with E-state index in [-0.39, 0.29) is 5.56 Å². The van der Waals surface area contributed by atoms with Crippen molar-refractivity contribution in [3.63, 3.8) is 0 Å². The van der Waals surface area contributed by atoms with E-state index in [1.165, 1.54) is 0 Å². The van der Waals surface area contributed by atoms with Gasteiger partial charge in [0.1, 0.15) is 11.3 Å². The van der Waals surface area contributed by atoms with Crippen LogP contribution >= 0.6 is 0 Å². The molecule has 1 fully saturated rings. The van der Waals surface area contributed by atoms with Crippen LogP contribution in [0.1, 0.15) is 41.9 Å². The third kappa shape index (κ3) is 5.01. The fraction of sp³-hybridized carbons (Fsp3) is 0.455. The highest BCUT2D eigenvalue weighted by Gasteiger charge is 2.18. The van der Waals surface area contributed by atoms with Crippen molar-refractivity contribution in [2.45, 2.75) is 33.6 Å². The predicted molar refractivity (Wildman–Crippen MR) is 110 cm³/mol. The number of nitrogens with one attached hydrogen (secondary N) is 1. The normalized spacial score (nSPS) is 14.4. The molecule has 1 aromatic carbocycles. The number of ether oxygens (including phenoxy) is 1. The van der Waals surface area contributed by atoms with Gasteiger partial charge in [0.25, 0.3) is 5.91 Å². The molecule has 1 aliphatic heterocycles. The Morgan fingerprint density at radius 1 is 1.18 bits per heavy atom. The lowest BCUT2D eigenvalue weighted by molar-refractivity contribution is 0.102. The Balaban J connectivity index is 1.69. The number of rotatable bonds is 6. The predicted octanol–water partition coefficient (Wildman–Crippen LogP) is 3.63. The second-order valence-corrected chi connectivity index (χ2v) is 7.59. The van der Waals surface area contributed by atoms with Crippen molar-refractivity contribution in [2.75, 3.05) is 36.5 Å². The minimum absolute atomic E-state index is 0.0607. The lowest BCUT2D eigenvalue weighted by Gasteiger charge is -2.28. The van der Waals surface area contributed by atoms with Crippen LogP contribution in [0.5, 0.6) is 0 Å². The van der Waals surface area contributed by atoms with E-state index in [1.807, 2.05) is 24.3 Å². The summed E-state index contributed by atoms with van der Waals surface area (Å²) in [6.45, 7) is 9.17. The number of amides is 1. The maximum Gasteiger partial charge on any atom is 0.349 e. The van der Waals surface area contributed by atoms with Gasteiger partial charge in [0.2, 0.25) is 0 Å². The molecule has 1 aliphatic rings. The summed E-state index contributed by atoms with van der Waals surface area (Å²) in [5.41, 5.74) is 1.85.